The third kappa shape index (κ3) is 2.73. The summed E-state index contributed by atoms with van der Waals surface area (Å²) in [6.45, 7) is 0. The summed E-state index contributed by atoms with van der Waals surface area (Å²) < 4.78 is 38.6. The van der Waals surface area contributed by atoms with Gasteiger partial charge in [-0.1, -0.05) is 0 Å². The molecule has 0 aliphatic heterocycles. The molecule has 0 aromatic carbocycles. The number of carbonyl (C=O) groups excluding carboxylic acids is 1. The molecule has 1 rings (SSSR count). The van der Waals surface area contributed by atoms with Gasteiger partial charge in [-0.25, -0.2) is 0 Å². The Labute approximate surface area is 71.2 Å². The number of ether oxygens (including phenoxy) is 1. The van der Waals surface area contributed by atoms with E-state index < -0.39 is 12.1 Å². The van der Waals surface area contributed by atoms with Gasteiger partial charge in [-0.15, -0.1) is 13.2 Å². The molecule has 0 unspecified atom stereocenters. The molecule has 0 amide bonds. The van der Waals surface area contributed by atoms with Crippen LogP contribution >= 0.6 is 0 Å². The lowest BCUT2D eigenvalue weighted by molar-refractivity contribution is -0.274. The molecule has 0 radical (unpaired) electrons. The van der Waals surface area contributed by atoms with Gasteiger partial charge < -0.3 is 4.74 Å². The van der Waals surface area contributed by atoms with Crippen molar-refractivity contribution in [2.45, 2.75) is 6.36 Å². The standard InChI is InChI=1S/C7H4F3NO2/c8-7(9,10)13-6-1-2-11-3-5(6)4-12/h1-4H. The van der Waals surface area contributed by atoms with E-state index in [0.717, 1.165) is 18.5 Å². The first kappa shape index (κ1) is 9.50. The van der Waals surface area contributed by atoms with Gasteiger partial charge in [0.25, 0.3) is 0 Å². The zero-order chi connectivity index (χ0) is 9.90. The lowest BCUT2D eigenvalue weighted by Crippen LogP contribution is -2.18. The minimum atomic E-state index is -4.79. The number of alkyl halides is 3. The second-order valence-electron chi connectivity index (χ2n) is 2.08. The molecule has 0 saturated carbocycles. The minimum Gasteiger partial charge on any atom is -0.405 e. The molecule has 0 aliphatic rings. The van der Waals surface area contributed by atoms with Crippen molar-refractivity contribution >= 4 is 6.29 Å². The monoisotopic (exact) mass is 191 g/mol. The van der Waals surface area contributed by atoms with Crippen LogP contribution in [0.5, 0.6) is 5.75 Å². The Morgan fingerprint density at radius 2 is 2.15 bits per heavy atom. The van der Waals surface area contributed by atoms with E-state index in [1.54, 1.807) is 0 Å². The first-order chi connectivity index (χ1) is 6.03. The zero-order valence-electron chi connectivity index (χ0n) is 6.21. The van der Waals surface area contributed by atoms with Crippen molar-refractivity contribution in [2.24, 2.45) is 0 Å². The van der Waals surface area contributed by atoms with E-state index in [2.05, 4.69) is 9.72 Å². The highest BCUT2D eigenvalue weighted by Gasteiger charge is 2.31. The summed E-state index contributed by atoms with van der Waals surface area (Å²) in [5.41, 5.74) is -0.236. The number of aromatic nitrogens is 1. The van der Waals surface area contributed by atoms with Gasteiger partial charge in [-0.3, -0.25) is 9.78 Å². The number of pyridine rings is 1. The Kier molecular flexibility index (Phi) is 2.50. The zero-order valence-corrected chi connectivity index (χ0v) is 6.21. The molecule has 0 aliphatic carbocycles. The topological polar surface area (TPSA) is 39.2 Å². The number of nitrogens with zero attached hydrogens (tertiary/aromatic N) is 1. The summed E-state index contributed by atoms with van der Waals surface area (Å²) in [6, 6.07) is 0.969. The van der Waals surface area contributed by atoms with Gasteiger partial charge in [-0.2, -0.15) is 0 Å². The third-order valence-electron chi connectivity index (χ3n) is 1.16. The number of halogens is 3. The van der Waals surface area contributed by atoms with Crippen LogP contribution in [-0.2, 0) is 0 Å². The maximum absolute atomic E-state index is 11.7. The number of aldehydes is 1. The summed E-state index contributed by atoms with van der Waals surface area (Å²) in [4.78, 5) is 13.7. The fourth-order valence-corrected chi connectivity index (χ4v) is 0.700. The lowest BCUT2D eigenvalue weighted by atomic mass is 10.3. The summed E-state index contributed by atoms with van der Waals surface area (Å²) >= 11 is 0. The Morgan fingerprint density at radius 1 is 1.46 bits per heavy atom. The van der Waals surface area contributed by atoms with E-state index in [1.807, 2.05) is 0 Å². The van der Waals surface area contributed by atoms with E-state index in [4.69, 9.17) is 0 Å². The van der Waals surface area contributed by atoms with Crippen molar-refractivity contribution in [3.8, 4) is 5.75 Å². The molecule has 0 bridgehead atoms. The van der Waals surface area contributed by atoms with E-state index in [9.17, 15) is 18.0 Å². The van der Waals surface area contributed by atoms with Crippen molar-refractivity contribution < 1.29 is 22.7 Å². The number of rotatable bonds is 2. The molecule has 0 atom stereocenters. The second-order valence-corrected chi connectivity index (χ2v) is 2.08. The van der Waals surface area contributed by atoms with Crippen molar-refractivity contribution in [2.75, 3.05) is 0 Å². The molecule has 0 saturated heterocycles. The summed E-state index contributed by atoms with van der Waals surface area (Å²) in [6.07, 6.45) is -2.45. The average molecular weight is 191 g/mol. The molecule has 3 nitrogen and oxygen atoms in total. The molecule has 0 fully saturated rings. The molecule has 1 heterocycles. The SMILES string of the molecule is O=Cc1cnccc1OC(F)(F)F. The quantitative estimate of drug-likeness (QED) is 0.669. The molecular weight excluding hydrogens is 187 g/mol. The first-order valence-electron chi connectivity index (χ1n) is 3.18. The van der Waals surface area contributed by atoms with Gasteiger partial charge in [0.1, 0.15) is 5.75 Å². The van der Waals surface area contributed by atoms with Crippen LogP contribution in [0, 0.1) is 0 Å². The van der Waals surface area contributed by atoms with Crippen molar-refractivity contribution in [3.05, 3.63) is 24.0 Å². The van der Waals surface area contributed by atoms with E-state index >= 15 is 0 Å². The van der Waals surface area contributed by atoms with Crippen LogP contribution in [0.15, 0.2) is 18.5 Å². The smallest absolute Gasteiger partial charge is 0.405 e. The largest absolute Gasteiger partial charge is 0.573 e. The van der Waals surface area contributed by atoms with Crippen LogP contribution in [0.2, 0.25) is 0 Å². The van der Waals surface area contributed by atoms with Gasteiger partial charge in [-0.05, 0) is 6.07 Å². The van der Waals surface area contributed by atoms with Crippen LogP contribution in [0.3, 0.4) is 0 Å². The molecule has 70 valence electrons. The highest BCUT2D eigenvalue weighted by molar-refractivity contribution is 5.78. The predicted molar refractivity (Wildman–Crippen MR) is 36.3 cm³/mol. The molecule has 0 N–H and O–H groups in total. The Morgan fingerprint density at radius 3 is 2.69 bits per heavy atom. The highest BCUT2D eigenvalue weighted by Crippen LogP contribution is 2.24. The van der Waals surface area contributed by atoms with Crippen LogP contribution in [0.1, 0.15) is 10.4 Å². The van der Waals surface area contributed by atoms with E-state index in [-0.39, 0.29) is 11.8 Å². The number of carbonyl (C=O) groups is 1. The van der Waals surface area contributed by atoms with Gasteiger partial charge in [0.2, 0.25) is 0 Å². The van der Waals surface area contributed by atoms with Crippen LogP contribution in [-0.4, -0.2) is 17.6 Å². The van der Waals surface area contributed by atoms with Crippen LogP contribution in [0.25, 0.3) is 0 Å². The lowest BCUT2D eigenvalue weighted by Gasteiger charge is -2.09. The number of hydrogen-bond donors (Lipinski definition) is 0. The summed E-state index contributed by atoms with van der Waals surface area (Å²) in [5.74, 6) is -0.544. The highest BCUT2D eigenvalue weighted by atomic mass is 19.4. The molecule has 13 heavy (non-hydrogen) atoms. The molecule has 0 spiro atoms. The fraction of sp³-hybridized carbons (Fsp3) is 0.143. The van der Waals surface area contributed by atoms with Crippen molar-refractivity contribution in [3.63, 3.8) is 0 Å². The Bertz CT molecular complexity index is 311. The average Bonchev–Trinajstić information content (AvgIpc) is 2.02. The molecular formula is C7H4F3NO2. The third-order valence-corrected chi connectivity index (χ3v) is 1.16. The Balaban J connectivity index is 2.94. The van der Waals surface area contributed by atoms with E-state index in [1.165, 1.54) is 0 Å². The molecule has 1 aromatic rings. The summed E-state index contributed by atoms with van der Waals surface area (Å²) in [5, 5.41) is 0. The molecule has 6 heteroatoms. The number of hydrogen-bond acceptors (Lipinski definition) is 3. The second kappa shape index (κ2) is 3.42. The maximum Gasteiger partial charge on any atom is 0.573 e. The van der Waals surface area contributed by atoms with Gasteiger partial charge in [0.05, 0.1) is 5.56 Å². The molecule has 1 aromatic heterocycles. The Hall–Kier alpha value is -1.59. The normalized spacial score (nSPS) is 11.0. The van der Waals surface area contributed by atoms with Crippen LogP contribution < -0.4 is 4.74 Å². The fourth-order valence-electron chi connectivity index (χ4n) is 0.700. The van der Waals surface area contributed by atoms with Crippen molar-refractivity contribution in [1.82, 2.24) is 4.98 Å². The van der Waals surface area contributed by atoms with Gasteiger partial charge in [0, 0.05) is 12.4 Å². The predicted octanol–water partition coefficient (Wildman–Crippen LogP) is 1.79. The van der Waals surface area contributed by atoms with Gasteiger partial charge >= 0.3 is 6.36 Å². The maximum atomic E-state index is 11.7. The minimum absolute atomic E-state index is 0.236. The van der Waals surface area contributed by atoms with E-state index in [0.29, 0.717) is 0 Å². The summed E-state index contributed by atoms with van der Waals surface area (Å²) in [7, 11) is 0. The van der Waals surface area contributed by atoms with Gasteiger partial charge in [0.15, 0.2) is 6.29 Å². The van der Waals surface area contributed by atoms with Crippen molar-refractivity contribution in [1.29, 1.82) is 0 Å². The van der Waals surface area contributed by atoms with Crippen LogP contribution in [0.4, 0.5) is 13.2 Å². The first-order valence-corrected chi connectivity index (χ1v) is 3.18.